The molecule has 2 N–H and O–H groups in total. The Morgan fingerprint density at radius 2 is 1.71 bits per heavy atom. The van der Waals surface area contributed by atoms with Crippen LogP contribution in [-0.2, 0) is 4.79 Å². The quantitative estimate of drug-likeness (QED) is 0.375. The van der Waals surface area contributed by atoms with Gasteiger partial charge in [-0.25, -0.2) is 0 Å². The number of carboxylic acids is 1. The van der Waals surface area contributed by atoms with Crippen molar-refractivity contribution in [3.8, 4) is 0 Å². The largest absolute Gasteiger partial charge is 0.481 e. The highest BCUT2D eigenvalue weighted by Crippen LogP contribution is 2.42. The fraction of sp³-hybridized carbons (Fsp3) is 0.364. The number of nitrogens with one attached hydrogen (secondary N) is 1. The first kappa shape index (κ1) is 25.3. The van der Waals surface area contributed by atoms with Crippen molar-refractivity contribution in [2.45, 2.75) is 49.4 Å². The number of carbonyl (C=O) groups excluding carboxylic acids is 1. The lowest BCUT2D eigenvalue weighted by Crippen LogP contribution is -2.25. The Kier molecular flexibility index (Phi) is 9.00. The highest BCUT2D eigenvalue weighted by Gasteiger charge is 2.29. The summed E-state index contributed by atoms with van der Waals surface area (Å²) < 4.78 is 39.6. The average Bonchev–Trinajstić information content (AvgIpc) is 2.68. The fourth-order valence-corrected chi connectivity index (χ4v) is 4.54. The van der Waals surface area contributed by atoms with Gasteiger partial charge in [0.25, 0.3) is 5.91 Å². The van der Waals surface area contributed by atoms with Gasteiger partial charge in [0.1, 0.15) is 0 Å². The van der Waals surface area contributed by atoms with Crippen LogP contribution in [0.2, 0.25) is 0 Å². The molecule has 31 heavy (non-hydrogen) atoms. The van der Waals surface area contributed by atoms with Crippen LogP contribution < -0.4 is 5.32 Å². The van der Waals surface area contributed by atoms with Crippen molar-refractivity contribution in [1.82, 2.24) is 5.32 Å². The highest BCUT2D eigenvalue weighted by molar-refractivity contribution is 9.10. The minimum absolute atomic E-state index is 0.00223. The monoisotopic (exact) mass is 517 g/mol. The van der Waals surface area contributed by atoms with Crippen molar-refractivity contribution in [2.24, 2.45) is 0 Å². The average molecular weight is 518 g/mol. The number of carbonyl (C=O) groups is 2. The van der Waals surface area contributed by atoms with Crippen molar-refractivity contribution >= 4 is 39.6 Å². The third kappa shape index (κ3) is 8.22. The van der Waals surface area contributed by atoms with Gasteiger partial charge in [-0.15, -0.1) is 11.8 Å². The molecule has 0 aliphatic rings. The Balaban J connectivity index is 2.19. The van der Waals surface area contributed by atoms with E-state index in [-0.39, 0.29) is 19.4 Å². The Hall–Kier alpha value is -2.00. The number of thioether (sulfide) groups is 1. The number of benzene rings is 2. The molecule has 168 valence electrons. The lowest BCUT2D eigenvalue weighted by molar-refractivity contribution is -0.137. The number of carboxylic acid groups (broad SMARTS) is 1. The Bertz CT molecular complexity index is 910. The summed E-state index contributed by atoms with van der Waals surface area (Å²) >= 11 is 4.86. The van der Waals surface area contributed by atoms with Crippen LogP contribution in [0.4, 0.5) is 13.2 Å². The van der Waals surface area contributed by atoms with Gasteiger partial charge in [-0.3, -0.25) is 9.59 Å². The summed E-state index contributed by atoms with van der Waals surface area (Å²) in [5.41, 5.74) is 3.02. The smallest absolute Gasteiger partial charge is 0.389 e. The van der Waals surface area contributed by atoms with E-state index in [1.165, 1.54) is 11.8 Å². The molecule has 4 nitrogen and oxygen atoms in total. The second kappa shape index (κ2) is 11.0. The minimum Gasteiger partial charge on any atom is -0.481 e. The second-order valence-corrected chi connectivity index (χ2v) is 9.22. The highest BCUT2D eigenvalue weighted by atomic mass is 79.9. The van der Waals surface area contributed by atoms with Gasteiger partial charge in [-0.05, 0) is 61.2 Å². The molecular weight excluding hydrogens is 495 g/mol. The molecule has 0 saturated heterocycles. The van der Waals surface area contributed by atoms with Gasteiger partial charge in [0, 0.05) is 33.1 Å². The maximum Gasteiger partial charge on any atom is 0.389 e. The maximum absolute atomic E-state index is 12.9. The van der Waals surface area contributed by atoms with Crippen molar-refractivity contribution < 1.29 is 27.9 Å². The van der Waals surface area contributed by atoms with Gasteiger partial charge in [0.15, 0.2) is 0 Å². The molecule has 1 atom stereocenters. The van der Waals surface area contributed by atoms with E-state index in [4.69, 9.17) is 5.11 Å². The molecule has 0 aliphatic heterocycles. The molecule has 0 spiro atoms. The predicted molar refractivity (Wildman–Crippen MR) is 119 cm³/mol. The molecule has 1 amide bonds. The van der Waals surface area contributed by atoms with Crippen LogP contribution in [0, 0.1) is 13.8 Å². The maximum atomic E-state index is 12.9. The van der Waals surface area contributed by atoms with Crippen LogP contribution in [-0.4, -0.2) is 29.7 Å². The molecule has 0 aromatic heterocycles. The molecule has 0 heterocycles. The zero-order chi connectivity index (χ0) is 23.2. The van der Waals surface area contributed by atoms with Crippen LogP contribution in [0.3, 0.4) is 0 Å². The van der Waals surface area contributed by atoms with E-state index in [2.05, 4.69) is 21.2 Å². The SMILES string of the molecule is Cc1cc(SC(CCC(F)(F)F)c2ccc(C(=O)NCCC(=O)O)cc2)cc(C)c1Br. The number of hydrogen-bond donors (Lipinski definition) is 2. The van der Waals surface area contributed by atoms with Gasteiger partial charge in [-0.2, -0.15) is 13.2 Å². The first-order valence-corrected chi connectivity index (χ1v) is 11.2. The number of alkyl halides is 3. The van der Waals surface area contributed by atoms with Gasteiger partial charge in [0.05, 0.1) is 6.42 Å². The lowest BCUT2D eigenvalue weighted by atomic mass is 10.0. The standard InChI is InChI=1S/C22H23BrF3NO3S/c1-13-11-17(12-14(2)20(13)23)31-18(7-9-22(24,25)26)15-3-5-16(6-4-15)21(30)27-10-8-19(28)29/h3-6,11-12,18H,7-10H2,1-2H3,(H,27,30)(H,28,29). The predicted octanol–water partition coefficient (Wildman–Crippen LogP) is 6.45. The number of aryl methyl sites for hydroxylation is 2. The molecule has 0 saturated carbocycles. The number of rotatable bonds is 9. The summed E-state index contributed by atoms with van der Waals surface area (Å²) in [5.74, 6) is -1.44. The van der Waals surface area contributed by atoms with Gasteiger partial charge < -0.3 is 10.4 Å². The van der Waals surface area contributed by atoms with E-state index >= 15 is 0 Å². The zero-order valence-electron chi connectivity index (χ0n) is 17.1. The summed E-state index contributed by atoms with van der Waals surface area (Å²) in [6, 6.07) is 10.3. The van der Waals surface area contributed by atoms with Crippen molar-refractivity contribution in [1.29, 1.82) is 0 Å². The van der Waals surface area contributed by atoms with Crippen molar-refractivity contribution in [3.63, 3.8) is 0 Å². The van der Waals surface area contributed by atoms with Crippen LogP contribution in [0.25, 0.3) is 0 Å². The molecule has 0 bridgehead atoms. The summed E-state index contributed by atoms with van der Waals surface area (Å²) in [6.45, 7) is 3.87. The van der Waals surface area contributed by atoms with E-state index < -0.39 is 29.7 Å². The van der Waals surface area contributed by atoms with E-state index in [1.807, 2.05) is 26.0 Å². The van der Waals surface area contributed by atoms with Crippen LogP contribution >= 0.6 is 27.7 Å². The van der Waals surface area contributed by atoms with Gasteiger partial charge >= 0.3 is 12.1 Å². The minimum atomic E-state index is -4.26. The number of halogens is 4. The Labute approximate surface area is 191 Å². The zero-order valence-corrected chi connectivity index (χ0v) is 19.5. The van der Waals surface area contributed by atoms with E-state index in [1.54, 1.807) is 24.3 Å². The molecule has 0 aliphatic carbocycles. The van der Waals surface area contributed by atoms with E-state index in [0.717, 1.165) is 20.5 Å². The summed E-state index contributed by atoms with van der Waals surface area (Å²) in [7, 11) is 0. The molecule has 1 unspecified atom stereocenters. The Morgan fingerprint density at radius 3 is 2.23 bits per heavy atom. The topological polar surface area (TPSA) is 66.4 Å². The number of aliphatic carboxylic acids is 1. The molecule has 2 aromatic rings. The first-order valence-electron chi connectivity index (χ1n) is 9.56. The number of hydrogen-bond acceptors (Lipinski definition) is 3. The van der Waals surface area contributed by atoms with E-state index in [0.29, 0.717) is 11.1 Å². The van der Waals surface area contributed by atoms with Crippen molar-refractivity contribution in [2.75, 3.05) is 6.54 Å². The number of amides is 1. The summed E-state index contributed by atoms with van der Waals surface area (Å²) in [6.07, 6.45) is -5.44. The van der Waals surface area contributed by atoms with Gasteiger partial charge in [0.2, 0.25) is 0 Å². The fourth-order valence-electron chi connectivity index (χ4n) is 2.96. The first-order chi connectivity index (χ1) is 14.5. The third-order valence-corrected chi connectivity index (χ3v) is 7.10. The second-order valence-electron chi connectivity index (χ2n) is 7.15. The van der Waals surface area contributed by atoms with E-state index in [9.17, 15) is 22.8 Å². The van der Waals surface area contributed by atoms with Crippen LogP contribution in [0.1, 0.15) is 51.6 Å². The molecule has 2 rings (SSSR count). The normalized spacial score (nSPS) is 12.5. The van der Waals surface area contributed by atoms with Crippen LogP contribution in [0.15, 0.2) is 45.8 Å². The van der Waals surface area contributed by atoms with Crippen LogP contribution in [0.5, 0.6) is 0 Å². The molecular formula is C22H23BrF3NO3S. The molecule has 0 fully saturated rings. The van der Waals surface area contributed by atoms with Gasteiger partial charge in [-0.1, -0.05) is 28.1 Å². The molecule has 2 aromatic carbocycles. The molecule has 9 heteroatoms. The third-order valence-electron chi connectivity index (χ3n) is 4.55. The lowest BCUT2D eigenvalue weighted by Gasteiger charge is -2.19. The summed E-state index contributed by atoms with van der Waals surface area (Å²) in [4.78, 5) is 23.5. The van der Waals surface area contributed by atoms with Crippen molar-refractivity contribution in [3.05, 3.63) is 63.1 Å². The summed E-state index contributed by atoms with van der Waals surface area (Å²) in [5, 5.41) is 10.7. The Morgan fingerprint density at radius 1 is 1.13 bits per heavy atom. The molecule has 0 radical (unpaired) electrons.